The molecule has 0 bridgehead atoms. The highest BCUT2D eigenvalue weighted by Crippen LogP contribution is 2.40. The van der Waals surface area contributed by atoms with Gasteiger partial charge in [0.1, 0.15) is 0 Å². The standard InChI is InChI=1S/C64H43N5/c1-4-14-44(15-5-1)47-24-28-50(29-25-47)61-63(67-59-22-12-10-20-57(59)65-61)52-34-40-55(41-35-52)69(54-38-32-49(33-39-54)46-18-8-3-9-19-46)56-42-36-53(37-43-56)64-62(66-58-21-11-13-23-60(58)68-64)51-30-26-48(27-31-51)45-16-6-2-7-17-45/h1-43H. The van der Waals surface area contributed by atoms with Crippen LogP contribution in [0.2, 0.25) is 0 Å². The molecule has 69 heavy (non-hydrogen) atoms. The third-order valence-corrected chi connectivity index (χ3v) is 12.7. The maximum atomic E-state index is 5.25. The highest BCUT2D eigenvalue weighted by molar-refractivity contribution is 5.90. The van der Waals surface area contributed by atoms with Crippen molar-refractivity contribution in [1.82, 2.24) is 19.9 Å². The van der Waals surface area contributed by atoms with Gasteiger partial charge in [0.2, 0.25) is 0 Å². The molecular formula is C64H43N5. The van der Waals surface area contributed by atoms with Crippen LogP contribution in [0, 0.1) is 0 Å². The molecule has 5 heteroatoms. The van der Waals surface area contributed by atoms with E-state index in [0.29, 0.717) is 0 Å². The van der Waals surface area contributed by atoms with Gasteiger partial charge in [0.25, 0.3) is 0 Å². The molecule has 0 aliphatic carbocycles. The summed E-state index contributed by atoms with van der Waals surface area (Å²) in [5.41, 5.74) is 20.8. The van der Waals surface area contributed by atoms with Gasteiger partial charge < -0.3 is 4.90 Å². The van der Waals surface area contributed by atoms with Gasteiger partial charge in [-0.3, -0.25) is 0 Å². The molecule has 12 rings (SSSR count). The molecule has 12 aromatic rings. The molecule has 10 aromatic carbocycles. The van der Waals surface area contributed by atoms with Crippen LogP contribution < -0.4 is 4.90 Å². The van der Waals surface area contributed by atoms with Gasteiger partial charge in [-0.1, -0.05) is 200 Å². The van der Waals surface area contributed by atoms with Crippen LogP contribution in [-0.4, -0.2) is 19.9 Å². The third-order valence-electron chi connectivity index (χ3n) is 12.7. The fraction of sp³-hybridized carbons (Fsp3) is 0. The molecule has 0 saturated heterocycles. The van der Waals surface area contributed by atoms with E-state index in [1.165, 1.54) is 16.7 Å². The Hall–Kier alpha value is -9.32. The molecule has 0 radical (unpaired) electrons. The van der Waals surface area contributed by atoms with Crippen molar-refractivity contribution in [3.63, 3.8) is 0 Å². The number of benzene rings is 10. The van der Waals surface area contributed by atoms with E-state index in [2.05, 4.69) is 205 Å². The lowest BCUT2D eigenvalue weighted by Gasteiger charge is -2.26. The molecule has 2 heterocycles. The Morgan fingerprint density at radius 3 is 0.623 bits per heavy atom. The molecule has 0 atom stereocenters. The van der Waals surface area contributed by atoms with Crippen LogP contribution in [-0.2, 0) is 0 Å². The lowest BCUT2D eigenvalue weighted by molar-refractivity contribution is 1.26. The average molecular weight is 882 g/mol. The van der Waals surface area contributed by atoms with Crippen LogP contribution in [0.3, 0.4) is 0 Å². The predicted molar refractivity (Wildman–Crippen MR) is 285 cm³/mol. The molecule has 0 unspecified atom stereocenters. The summed E-state index contributed by atoms with van der Waals surface area (Å²) in [7, 11) is 0. The van der Waals surface area contributed by atoms with Crippen molar-refractivity contribution in [3.8, 4) is 78.4 Å². The number of fused-ring (bicyclic) bond motifs is 2. The second-order valence-electron chi connectivity index (χ2n) is 17.0. The smallest absolute Gasteiger partial charge is 0.0973 e. The first-order valence-corrected chi connectivity index (χ1v) is 23.2. The van der Waals surface area contributed by atoms with Crippen molar-refractivity contribution < 1.29 is 0 Å². The van der Waals surface area contributed by atoms with E-state index in [-0.39, 0.29) is 0 Å². The maximum absolute atomic E-state index is 5.25. The molecule has 0 fully saturated rings. The molecular weight excluding hydrogens is 839 g/mol. The molecule has 0 amide bonds. The van der Waals surface area contributed by atoms with Crippen LogP contribution in [0.25, 0.3) is 100 Å². The highest BCUT2D eigenvalue weighted by Gasteiger charge is 2.19. The van der Waals surface area contributed by atoms with Gasteiger partial charge in [0.15, 0.2) is 0 Å². The van der Waals surface area contributed by atoms with E-state index in [4.69, 9.17) is 19.9 Å². The number of rotatable bonds is 10. The lowest BCUT2D eigenvalue weighted by Crippen LogP contribution is -2.10. The van der Waals surface area contributed by atoms with E-state index >= 15 is 0 Å². The number of hydrogen-bond acceptors (Lipinski definition) is 5. The molecule has 0 saturated carbocycles. The van der Waals surface area contributed by atoms with E-state index in [0.717, 1.165) is 101 Å². The van der Waals surface area contributed by atoms with Crippen LogP contribution in [0.5, 0.6) is 0 Å². The predicted octanol–water partition coefficient (Wildman–Crippen LogP) is 16.7. The number of anilines is 3. The molecule has 0 N–H and O–H groups in total. The Kier molecular flexibility index (Phi) is 10.8. The van der Waals surface area contributed by atoms with Crippen molar-refractivity contribution in [1.29, 1.82) is 0 Å². The summed E-state index contributed by atoms with van der Waals surface area (Å²) in [5.74, 6) is 0. The minimum atomic E-state index is 0.831. The van der Waals surface area contributed by atoms with E-state index < -0.39 is 0 Å². The summed E-state index contributed by atoms with van der Waals surface area (Å²) in [6, 6.07) is 91.0. The van der Waals surface area contributed by atoms with Crippen molar-refractivity contribution in [2.24, 2.45) is 0 Å². The molecule has 0 aliphatic heterocycles. The van der Waals surface area contributed by atoms with Gasteiger partial charge in [0, 0.05) is 39.3 Å². The Labute approximate surface area is 401 Å². The molecule has 0 aliphatic rings. The second kappa shape index (κ2) is 18.2. The van der Waals surface area contributed by atoms with Gasteiger partial charge in [-0.15, -0.1) is 0 Å². The number of aromatic nitrogens is 4. The van der Waals surface area contributed by atoms with Gasteiger partial charge in [-0.05, 0) is 94.0 Å². The summed E-state index contributed by atoms with van der Waals surface area (Å²) >= 11 is 0. The minimum absolute atomic E-state index is 0.831. The van der Waals surface area contributed by atoms with Crippen LogP contribution in [0.1, 0.15) is 0 Å². The van der Waals surface area contributed by atoms with Crippen LogP contribution >= 0.6 is 0 Å². The molecule has 2 aromatic heterocycles. The van der Waals surface area contributed by atoms with Crippen LogP contribution in [0.15, 0.2) is 261 Å². The molecule has 0 spiro atoms. The zero-order valence-electron chi connectivity index (χ0n) is 37.6. The van der Waals surface area contributed by atoms with Gasteiger partial charge >= 0.3 is 0 Å². The normalized spacial score (nSPS) is 11.2. The van der Waals surface area contributed by atoms with Gasteiger partial charge in [-0.2, -0.15) is 0 Å². The fourth-order valence-corrected chi connectivity index (χ4v) is 9.12. The Morgan fingerprint density at radius 2 is 0.362 bits per heavy atom. The third kappa shape index (κ3) is 8.30. The summed E-state index contributed by atoms with van der Waals surface area (Å²) in [4.78, 5) is 23.2. The summed E-state index contributed by atoms with van der Waals surface area (Å²) in [6.45, 7) is 0. The second-order valence-corrected chi connectivity index (χ2v) is 17.0. The molecule has 324 valence electrons. The monoisotopic (exact) mass is 881 g/mol. The first-order chi connectivity index (χ1) is 34.2. The van der Waals surface area contributed by atoms with E-state index in [9.17, 15) is 0 Å². The zero-order chi connectivity index (χ0) is 45.9. The van der Waals surface area contributed by atoms with Crippen molar-refractivity contribution in [2.75, 3.05) is 4.90 Å². The molecule has 5 nitrogen and oxygen atoms in total. The largest absolute Gasteiger partial charge is 0.311 e. The number of para-hydroxylation sites is 4. The number of nitrogens with zero attached hydrogens (tertiary/aromatic N) is 5. The van der Waals surface area contributed by atoms with Crippen molar-refractivity contribution >= 4 is 39.1 Å². The lowest BCUT2D eigenvalue weighted by atomic mass is 9.99. The zero-order valence-corrected chi connectivity index (χ0v) is 37.6. The van der Waals surface area contributed by atoms with Crippen LogP contribution in [0.4, 0.5) is 17.1 Å². The Balaban J connectivity index is 0.932. The Morgan fingerprint density at radius 1 is 0.174 bits per heavy atom. The summed E-state index contributed by atoms with van der Waals surface area (Å²) in [5, 5.41) is 0. The topological polar surface area (TPSA) is 54.8 Å². The first kappa shape index (κ1) is 41.1. The highest BCUT2D eigenvalue weighted by atomic mass is 15.1. The first-order valence-electron chi connectivity index (χ1n) is 23.2. The quantitative estimate of drug-likeness (QED) is 0.137. The fourth-order valence-electron chi connectivity index (χ4n) is 9.12. The van der Waals surface area contributed by atoms with Gasteiger partial charge in [-0.25, -0.2) is 19.9 Å². The van der Waals surface area contributed by atoms with E-state index in [1.807, 2.05) is 60.7 Å². The van der Waals surface area contributed by atoms with Gasteiger partial charge in [0.05, 0.1) is 44.8 Å². The van der Waals surface area contributed by atoms with E-state index in [1.54, 1.807) is 0 Å². The Bertz CT molecular complexity index is 3500. The average Bonchev–Trinajstić information content (AvgIpc) is 3.44. The number of hydrogen-bond donors (Lipinski definition) is 0. The maximum Gasteiger partial charge on any atom is 0.0973 e. The van der Waals surface area contributed by atoms with Crippen molar-refractivity contribution in [2.45, 2.75) is 0 Å². The van der Waals surface area contributed by atoms with Crippen molar-refractivity contribution in [3.05, 3.63) is 261 Å². The summed E-state index contributed by atoms with van der Waals surface area (Å²) < 4.78 is 0. The summed E-state index contributed by atoms with van der Waals surface area (Å²) in [6.07, 6.45) is 0. The SMILES string of the molecule is c1ccc(-c2ccc(-c3nc4ccccc4nc3-c3ccc(N(c4ccc(-c5ccccc5)cc4)c4ccc(-c5nc6ccccc6nc5-c5ccc(-c6ccccc6)cc5)cc4)cc3)cc2)cc1. The minimum Gasteiger partial charge on any atom is -0.311 e.